The normalized spacial score (nSPS) is 8.71. The Hall–Kier alpha value is 0.320. The maximum atomic E-state index is 3.32. The van der Waals surface area contributed by atoms with Gasteiger partial charge in [-0.25, -0.2) is 0 Å². The van der Waals surface area contributed by atoms with Gasteiger partial charge in [0.1, 0.15) is 0 Å². The van der Waals surface area contributed by atoms with Crippen molar-refractivity contribution in [2.24, 2.45) is 0 Å². The van der Waals surface area contributed by atoms with Crippen molar-refractivity contribution in [3.05, 3.63) is 66.4 Å². The molecule has 0 unspecified atom stereocenters. The van der Waals surface area contributed by atoms with Crippen LogP contribution >= 0.6 is 63.7 Å². The van der Waals surface area contributed by atoms with Gasteiger partial charge in [-0.3, -0.25) is 0 Å². The minimum Gasteiger partial charge on any atom is -0.412 e. The molecule has 5 heteroatoms. The van der Waals surface area contributed by atoms with Crippen molar-refractivity contribution in [1.29, 1.82) is 0 Å². The molecule has 0 aliphatic carbocycles. The highest BCUT2D eigenvalue weighted by Crippen LogP contribution is 2.14. The fourth-order valence-electron chi connectivity index (χ4n) is 0.859. The van der Waals surface area contributed by atoms with Crippen LogP contribution in [0.15, 0.2) is 66.4 Å². The van der Waals surface area contributed by atoms with Crippen LogP contribution in [-0.2, 0) is 0 Å². The third-order valence-electron chi connectivity index (χ3n) is 1.61. The quantitative estimate of drug-likeness (QED) is 0.461. The molecule has 2 rings (SSSR count). The fraction of sp³-hybridized carbons (Fsp3) is 0. The third kappa shape index (κ3) is 8.11. The number of benzene rings is 2. The zero-order chi connectivity index (χ0) is 12.0. The van der Waals surface area contributed by atoms with E-state index in [2.05, 4.69) is 63.7 Å². The van der Waals surface area contributed by atoms with E-state index in [-0.39, 0.29) is 5.48 Å². The molecular formula is C12H10Br4O. The number of rotatable bonds is 0. The first-order chi connectivity index (χ1) is 7.58. The van der Waals surface area contributed by atoms with Crippen molar-refractivity contribution < 1.29 is 5.48 Å². The van der Waals surface area contributed by atoms with Gasteiger partial charge in [-0.1, -0.05) is 63.7 Å². The van der Waals surface area contributed by atoms with Gasteiger partial charge >= 0.3 is 0 Å². The summed E-state index contributed by atoms with van der Waals surface area (Å²) >= 11 is 13.3. The molecule has 0 aliphatic heterocycles. The lowest BCUT2D eigenvalue weighted by Gasteiger charge is -1.86. The van der Waals surface area contributed by atoms with E-state index >= 15 is 0 Å². The number of hydrogen-bond donors (Lipinski definition) is 0. The second-order valence-electron chi connectivity index (χ2n) is 2.87. The van der Waals surface area contributed by atoms with Gasteiger partial charge in [-0.15, -0.1) is 0 Å². The molecule has 0 atom stereocenters. The Morgan fingerprint density at radius 2 is 0.529 bits per heavy atom. The molecule has 2 aromatic carbocycles. The van der Waals surface area contributed by atoms with Crippen LogP contribution in [0.3, 0.4) is 0 Å². The van der Waals surface area contributed by atoms with Crippen LogP contribution in [0.2, 0.25) is 0 Å². The summed E-state index contributed by atoms with van der Waals surface area (Å²) in [6, 6.07) is 15.9. The van der Waals surface area contributed by atoms with Crippen LogP contribution in [0.1, 0.15) is 0 Å². The van der Waals surface area contributed by atoms with Crippen LogP contribution in [0.25, 0.3) is 0 Å². The van der Waals surface area contributed by atoms with Crippen molar-refractivity contribution in [2.75, 3.05) is 0 Å². The first-order valence-electron chi connectivity index (χ1n) is 4.40. The Labute approximate surface area is 134 Å². The fourth-order valence-corrected chi connectivity index (χ4v) is 1.92. The van der Waals surface area contributed by atoms with Gasteiger partial charge in [-0.2, -0.15) is 0 Å². The smallest absolute Gasteiger partial charge is 0.0176 e. The van der Waals surface area contributed by atoms with Crippen molar-refractivity contribution >= 4 is 63.7 Å². The number of hydrogen-bond acceptors (Lipinski definition) is 0. The van der Waals surface area contributed by atoms with E-state index in [0.717, 1.165) is 17.9 Å². The van der Waals surface area contributed by atoms with E-state index in [0.29, 0.717) is 0 Å². The molecule has 0 heterocycles. The average Bonchev–Trinajstić information content (AvgIpc) is 2.28. The highest BCUT2D eigenvalue weighted by Gasteiger charge is 1.83. The van der Waals surface area contributed by atoms with Crippen LogP contribution < -0.4 is 0 Å². The lowest BCUT2D eigenvalue weighted by Crippen LogP contribution is -1.61. The Balaban J connectivity index is 0.000000284. The van der Waals surface area contributed by atoms with Gasteiger partial charge in [0.25, 0.3) is 0 Å². The molecule has 92 valence electrons. The molecule has 17 heavy (non-hydrogen) atoms. The topological polar surface area (TPSA) is 31.5 Å². The predicted octanol–water partition coefficient (Wildman–Crippen LogP) is 5.60. The van der Waals surface area contributed by atoms with E-state index < -0.39 is 0 Å². The van der Waals surface area contributed by atoms with Gasteiger partial charge in [0.2, 0.25) is 0 Å². The summed E-state index contributed by atoms with van der Waals surface area (Å²) in [5.74, 6) is 0. The minimum absolute atomic E-state index is 0. The third-order valence-corrected chi connectivity index (χ3v) is 3.72. The summed E-state index contributed by atoms with van der Waals surface area (Å²) in [6.45, 7) is 0. The second-order valence-corrected chi connectivity index (χ2v) is 6.54. The first-order valence-corrected chi connectivity index (χ1v) is 7.57. The zero-order valence-corrected chi connectivity index (χ0v) is 15.0. The highest BCUT2D eigenvalue weighted by atomic mass is 79.9. The van der Waals surface area contributed by atoms with E-state index in [9.17, 15) is 0 Å². The molecular weight excluding hydrogens is 480 g/mol. The van der Waals surface area contributed by atoms with Gasteiger partial charge < -0.3 is 5.48 Å². The van der Waals surface area contributed by atoms with Gasteiger partial charge in [0.15, 0.2) is 0 Å². The highest BCUT2D eigenvalue weighted by molar-refractivity contribution is 9.11. The molecule has 0 saturated carbocycles. The lowest BCUT2D eigenvalue weighted by atomic mass is 10.4. The van der Waals surface area contributed by atoms with Crippen LogP contribution in [0.5, 0.6) is 0 Å². The van der Waals surface area contributed by atoms with E-state index in [1.54, 1.807) is 0 Å². The first kappa shape index (κ1) is 17.3. The van der Waals surface area contributed by atoms with Gasteiger partial charge in [0.05, 0.1) is 0 Å². The molecule has 0 amide bonds. The molecule has 0 saturated heterocycles. The SMILES string of the molecule is Brc1ccc(Br)cc1.Brc1ccc(Br)cc1.O. The largest absolute Gasteiger partial charge is 0.412 e. The van der Waals surface area contributed by atoms with Crippen molar-refractivity contribution in [3.8, 4) is 0 Å². The van der Waals surface area contributed by atoms with Crippen molar-refractivity contribution in [1.82, 2.24) is 0 Å². The zero-order valence-electron chi connectivity index (χ0n) is 8.63. The maximum Gasteiger partial charge on any atom is 0.0176 e. The molecule has 2 aromatic rings. The monoisotopic (exact) mass is 486 g/mol. The lowest BCUT2D eigenvalue weighted by molar-refractivity contribution is 0.824. The summed E-state index contributed by atoms with van der Waals surface area (Å²) in [5.41, 5.74) is 0. The van der Waals surface area contributed by atoms with Crippen molar-refractivity contribution in [2.45, 2.75) is 0 Å². The Morgan fingerprint density at radius 3 is 0.647 bits per heavy atom. The molecule has 1 nitrogen and oxygen atoms in total. The Morgan fingerprint density at radius 1 is 0.412 bits per heavy atom. The Bertz CT molecular complexity index is 340. The molecule has 0 aliphatic rings. The van der Waals surface area contributed by atoms with Crippen LogP contribution in [0.4, 0.5) is 0 Å². The summed E-state index contributed by atoms with van der Waals surface area (Å²) in [6.07, 6.45) is 0. The molecule has 0 bridgehead atoms. The minimum atomic E-state index is 0. The predicted molar refractivity (Wildman–Crippen MR) is 87.3 cm³/mol. The molecule has 0 spiro atoms. The van der Waals surface area contributed by atoms with Crippen LogP contribution in [-0.4, -0.2) is 5.48 Å². The standard InChI is InChI=1S/2C6H4Br2.H2O/c2*7-5-1-2-6(8)4-3-5;/h2*1-4H;1H2. The molecule has 0 radical (unpaired) electrons. The Kier molecular flexibility index (Phi) is 9.45. The van der Waals surface area contributed by atoms with E-state index in [1.807, 2.05) is 48.5 Å². The van der Waals surface area contributed by atoms with Gasteiger partial charge in [0, 0.05) is 17.9 Å². The summed E-state index contributed by atoms with van der Waals surface area (Å²) in [7, 11) is 0. The van der Waals surface area contributed by atoms with Crippen LogP contribution in [0, 0.1) is 0 Å². The molecule has 2 N–H and O–H groups in total. The van der Waals surface area contributed by atoms with E-state index in [1.165, 1.54) is 0 Å². The summed E-state index contributed by atoms with van der Waals surface area (Å²) in [4.78, 5) is 0. The van der Waals surface area contributed by atoms with Crippen molar-refractivity contribution in [3.63, 3.8) is 0 Å². The average molecular weight is 490 g/mol. The maximum absolute atomic E-state index is 3.32. The number of halogens is 4. The second kappa shape index (κ2) is 9.28. The van der Waals surface area contributed by atoms with Gasteiger partial charge in [-0.05, 0) is 48.5 Å². The summed E-state index contributed by atoms with van der Waals surface area (Å²) < 4.78 is 4.45. The molecule has 0 fully saturated rings. The molecule has 0 aromatic heterocycles. The summed E-state index contributed by atoms with van der Waals surface area (Å²) in [5, 5.41) is 0. The van der Waals surface area contributed by atoms with E-state index in [4.69, 9.17) is 0 Å².